The van der Waals surface area contributed by atoms with Crippen LogP contribution in [-0.4, -0.2) is 45.1 Å². The average molecular weight is 408 g/mol. The van der Waals surface area contributed by atoms with Gasteiger partial charge in [0.1, 0.15) is 0 Å². The molecule has 2 aliphatic rings. The van der Waals surface area contributed by atoms with Crippen molar-refractivity contribution in [2.24, 2.45) is 5.92 Å². The third kappa shape index (κ3) is 3.22. The quantitative estimate of drug-likeness (QED) is 0.646. The zero-order valence-electron chi connectivity index (χ0n) is 15.9. The first-order chi connectivity index (χ1) is 14.1. The summed E-state index contributed by atoms with van der Waals surface area (Å²) in [4.78, 5) is 18.8. The number of carbonyl (C=O) groups is 1. The van der Waals surface area contributed by atoms with Gasteiger partial charge in [-0.3, -0.25) is 9.69 Å². The summed E-state index contributed by atoms with van der Waals surface area (Å²) in [6, 6.07) is 10.1. The zero-order chi connectivity index (χ0) is 20.0. The predicted molar refractivity (Wildman–Crippen MR) is 114 cm³/mol. The van der Waals surface area contributed by atoms with E-state index in [4.69, 9.17) is 11.6 Å². The van der Waals surface area contributed by atoms with Crippen LogP contribution in [0.15, 0.2) is 49.2 Å². The molecule has 1 fully saturated rings. The van der Waals surface area contributed by atoms with Gasteiger partial charge in [0.25, 0.3) is 0 Å². The number of hydrogen-bond acceptors (Lipinski definition) is 4. The second kappa shape index (κ2) is 7.28. The average Bonchev–Trinajstić information content (AvgIpc) is 3.15. The summed E-state index contributed by atoms with van der Waals surface area (Å²) >= 11 is 5.79. The Labute approximate surface area is 174 Å². The number of piperidine rings is 1. The van der Waals surface area contributed by atoms with Crippen LogP contribution < -0.4 is 5.32 Å². The van der Waals surface area contributed by atoms with Gasteiger partial charge in [-0.25, -0.2) is 0 Å². The van der Waals surface area contributed by atoms with Crippen LogP contribution in [0.3, 0.4) is 0 Å². The Hall–Kier alpha value is -2.70. The van der Waals surface area contributed by atoms with Gasteiger partial charge in [-0.1, -0.05) is 29.8 Å². The molecule has 29 heavy (non-hydrogen) atoms. The maximum atomic E-state index is 13.0. The van der Waals surface area contributed by atoms with Gasteiger partial charge < -0.3 is 10.3 Å². The fraction of sp³-hybridized carbons (Fsp3) is 0.318. The number of rotatable bonds is 4. The predicted octanol–water partition coefficient (Wildman–Crippen LogP) is 3.77. The number of carbonyl (C=O) groups excluding carboxylic acids is 1. The number of halogens is 1. The summed E-state index contributed by atoms with van der Waals surface area (Å²) < 4.78 is 0. The summed E-state index contributed by atoms with van der Waals surface area (Å²) in [5.74, 6) is 0.573. The Kier molecular flexibility index (Phi) is 4.60. The highest BCUT2D eigenvalue weighted by Crippen LogP contribution is 2.44. The van der Waals surface area contributed by atoms with E-state index in [1.54, 1.807) is 12.1 Å². The van der Waals surface area contributed by atoms with Crippen LogP contribution in [0.25, 0.3) is 10.9 Å². The van der Waals surface area contributed by atoms with E-state index in [0.717, 1.165) is 19.4 Å². The lowest BCUT2D eigenvalue weighted by Crippen LogP contribution is -2.52. The third-order valence-corrected chi connectivity index (χ3v) is 6.39. The molecular formula is C22H22ClN5O. The Bertz CT molecular complexity index is 1080. The number of aromatic amines is 1. The van der Waals surface area contributed by atoms with Crippen LogP contribution in [0.2, 0.25) is 5.15 Å². The number of nitrogens with one attached hydrogen (secondary N) is 2. The Morgan fingerprint density at radius 3 is 3.03 bits per heavy atom. The number of likely N-dealkylation sites (tertiary alicyclic amines) is 1. The van der Waals surface area contributed by atoms with Gasteiger partial charge in [0.05, 0.1) is 5.92 Å². The highest BCUT2D eigenvalue weighted by molar-refractivity contribution is 6.29. The number of anilines is 1. The number of H-pyrrole nitrogens is 1. The van der Waals surface area contributed by atoms with Crippen molar-refractivity contribution in [3.63, 3.8) is 0 Å². The normalized spacial score (nSPS) is 23.6. The lowest BCUT2D eigenvalue weighted by atomic mass is 9.72. The van der Waals surface area contributed by atoms with Crippen molar-refractivity contribution in [1.82, 2.24) is 20.1 Å². The van der Waals surface area contributed by atoms with E-state index >= 15 is 0 Å². The molecule has 0 saturated carbocycles. The number of aromatic nitrogens is 3. The second-order valence-corrected chi connectivity index (χ2v) is 8.25. The Balaban J connectivity index is 1.45. The minimum atomic E-state index is -0.135. The number of benzene rings is 1. The lowest BCUT2D eigenvalue weighted by molar-refractivity contribution is -0.122. The molecule has 1 aromatic carbocycles. The van der Waals surface area contributed by atoms with Crippen LogP contribution in [0.4, 0.5) is 5.82 Å². The second-order valence-electron chi connectivity index (χ2n) is 7.87. The number of nitrogens with zero attached hydrogens (tertiary/aromatic N) is 3. The van der Waals surface area contributed by atoms with Gasteiger partial charge in [-0.05, 0) is 42.2 Å². The minimum Gasteiger partial charge on any atom is -0.361 e. The highest BCUT2D eigenvalue weighted by Gasteiger charge is 2.42. The summed E-state index contributed by atoms with van der Waals surface area (Å²) in [5.41, 5.74) is 3.88. The van der Waals surface area contributed by atoms with E-state index in [1.807, 2.05) is 6.08 Å². The van der Waals surface area contributed by atoms with Crippen molar-refractivity contribution in [2.45, 2.75) is 24.8 Å². The molecule has 1 aliphatic heterocycles. The molecule has 7 heteroatoms. The van der Waals surface area contributed by atoms with E-state index in [0.29, 0.717) is 29.5 Å². The first kappa shape index (κ1) is 18.3. The molecular weight excluding hydrogens is 386 g/mol. The molecule has 3 atom stereocenters. The largest absolute Gasteiger partial charge is 0.361 e. The molecule has 1 unspecified atom stereocenters. The van der Waals surface area contributed by atoms with Gasteiger partial charge >= 0.3 is 0 Å². The van der Waals surface area contributed by atoms with Crippen LogP contribution in [0, 0.1) is 5.92 Å². The van der Waals surface area contributed by atoms with Crippen molar-refractivity contribution in [3.05, 3.63) is 65.5 Å². The fourth-order valence-electron chi connectivity index (χ4n) is 4.97. The highest BCUT2D eigenvalue weighted by atomic mass is 35.5. The first-order valence-corrected chi connectivity index (χ1v) is 10.3. The van der Waals surface area contributed by atoms with Crippen molar-refractivity contribution in [1.29, 1.82) is 0 Å². The molecule has 1 saturated heterocycles. The molecule has 1 amide bonds. The maximum absolute atomic E-state index is 13.0. The summed E-state index contributed by atoms with van der Waals surface area (Å²) in [6.07, 6.45) is 5.87. The maximum Gasteiger partial charge on any atom is 0.230 e. The molecule has 3 aromatic rings. The standard InChI is InChI=1S/C22H22ClN5O/c1-2-8-28-12-14(22(29)25-20-7-6-19(23)26-27-20)9-16-15-4-3-5-17-21(15)13(11-24-17)10-18(16)28/h2-7,11,14,16,18,24H,1,8-10,12H2,(H,25,27,29)/t14-,16?,18-/m1/s1. The smallest absolute Gasteiger partial charge is 0.230 e. The SMILES string of the molecule is C=CCN1C[C@H](C(=O)Nc2ccc(Cl)nn2)CC2c3cccc4[nH]cc(c34)C[C@H]21. The van der Waals surface area contributed by atoms with Gasteiger partial charge in [-0.15, -0.1) is 16.8 Å². The minimum absolute atomic E-state index is 0.0267. The molecule has 0 bridgehead atoms. The van der Waals surface area contributed by atoms with Gasteiger partial charge in [0, 0.05) is 42.1 Å². The fourth-order valence-corrected chi connectivity index (χ4v) is 5.08. The van der Waals surface area contributed by atoms with E-state index in [1.165, 1.54) is 22.0 Å². The number of amides is 1. The first-order valence-electron chi connectivity index (χ1n) is 9.88. The molecule has 0 spiro atoms. The van der Waals surface area contributed by atoms with E-state index < -0.39 is 0 Å². The molecule has 0 radical (unpaired) electrons. The third-order valence-electron chi connectivity index (χ3n) is 6.19. The molecule has 2 aromatic heterocycles. The summed E-state index contributed by atoms with van der Waals surface area (Å²) in [6.45, 7) is 5.40. The number of hydrogen-bond donors (Lipinski definition) is 2. The topological polar surface area (TPSA) is 73.9 Å². The summed E-state index contributed by atoms with van der Waals surface area (Å²) in [7, 11) is 0. The zero-order valence-corrected chi connectivity index (χ0v) is 16.7. The summed E-state index contributed by atoms with van der Waals surface area (Å²) in [5, 5.41) is 12.3. The number of fused-ring (bicyclic) bond motifs is 2. The van der Waals surface area contributed by atoms with E-state index in [9.17, 15) is 4.79 Å². The Morgan fingerprint density at radius 2 is 2.24 bits per heavy atom. The molecule has 3 heterocycles. The van der Waals surface area contributed by atoms with Crippen molar-refractivity contribution in [3.8, 4) is 0 Å². The van der Waals surface area contributed by atoms with E-state index in [-0.39, 0.29) is 11.8 Å². The van der Waals surface area contributed by atoms with E-state index in [2.05, 4.69) is 56.4 Å². The molecule has 6 nitrogen and oxygen atoms in total. The van der Waals surface area contributed by atoms with Crippen molar-refractivity contribution < 1.29 is 4.79 Å². The van der Waals surface area contributed by atoms with Gasteiger partial charge in [0.15, 0.2) is 11.0 Å². The van der Waals surface area contributed by atoms with Gasteiger partial charge in [-0.2, -0.15) is 0 Å². The lowest BCUT2D eigenvalue weighted by Gasteiger charge is -2.46. The van der Waals surface area contributed by atoms with Crippen LogP contribution in [0.1, 0.15) is 23.5 Å². The van der Waals surface area contributed by atoms with Crippen molar-refractivity contribution >= 4 is 34.2 Å². The monoisotopic (exact) mass is 407 g/mol. The molecule has 5 rings (SSSR count). The molecule has 1 aliphatic carbocycles. The van der Waals surface area contributed by atoms with Crippen LogP contribution >= 0.6 is 11.6 Å². The van der Waals surface area contributed by atoms with Gasteiger partial charge in [0.2, 0.25) is 5.91 Å². The van der Waals surface area contributed by atoms with Crippen LogP contribution in [0.5, 0.6) is 0 Å². The van der Waals surface area contributed by atoms with Crippen LogP contribution in [-0.2, 0) is 11.2 Å². The molecule has 148 valence electrons. The Morgan fingerprint density at radius 1 is 1.34 bits per heavy atom. The molecule has 2 N–H and O–H groups in total. The van der Waals surface area contributed by atoms with Crippen molar-refractivity contribution in [2.75, 3.05) is 18.4 Å².